The highest BCUT2D eigenvalue weighted by Gasteiger charge is 2.30. The molecule has 36 heavy (non-hydrogen) atoms. The van der Waals surface area contributed by atoms with Crippen LogP contribution in [0.5, 0.6) is 0 Å². The summed E-state index contributed by atoms with van der Waals surface area (Å²) in [6.45, 7) is 0. The number of aliphatic hydroxyl groups excluding tert-OH is 1. The molecule has 2 saturated carbocycles. The first-order valence-corrected chi connectivity index (χ1v) is 13.3. The van der Waals surface area contributed by atoms with E-state index in [9.17, 15) is 9.90 Å². The molecule has 12 heteroatoms. The van der Waals surface area contributed by atoms with E-state index in [0.717, 1.165) is 38.5 Å². The predicted octanol–water partition coefficient (Wildman–Crippen LogP) is 5.46. The molecule has 0 aliphatic heterocycles. The molecule has 1 amide bonds. The minimum atomic E-state index is -0.432. The fraction of sp³-hybridized carbons (Fsp3) is 0.500. The third kappa shape index (κ3) is 5.20. The van der Waals surface area contributed by atoms with Crippen LogP contribution in [0.1, 0.15) is 57.4 Å². The van der Waals surface area contributed by atoms with E-state index in [1.807, 2.05) is 4.57 Å². The van der Waals surface area contributed by atoms with Crippen molar-refractivity contribution in [2.45, 2.75) is 69.6 Å². The van der Waals surface area contributed by atoms with Crippen LogP contribution in [-0.2, 0) is 4.79 Å². The zero-order chi connectivity index (χ0) is 25.4. The second kappa shape index (κ2) is 10.6. The molecule has 2 fully saturated rings. The predicted molar refractivity (Wildman–Crippen MR) is 142 cm³/mol. The molecule has 2 atom stereocenters. The van der Waals surface area contributed by atoms with Gasteiger partial charge >= 0.3 is 0 Å². The largest absolute Gasteiger partial charge is 0.391 e. The minimum Gasteiger partial charge on any atom is -0.391 e. The van der Waals surface area contributed by atoms with Crippen LogP contribution in [0.25, 0.3) is 11.2 Å². The summed E-state index contributed by atoms with van der Waals surface area (Å²) in [5.74, 6) is 0.562. The highest BCUT2D eigenvalue weighted by molar-refractivity contribution is 6.41. The van der Waals surface area contributed by atoms with Crippen LogP contribution in [0, 0.1) is 5.92 Å². The minimum absolute atomic E-state index is 0.0287. The second-order valence-corrected chi connectivity index (χ2v) is 10.8. The number of aliphatic hydroxyl groups is 1. The smallest absolute Gasteiger partial charge is 0.225 e. The van der Waals surface area contributed by atoms with Gasteiger partial charge in [-0.2, -0.15) is 4.98 Å². The van der Waals surface area contributed by atoms with Crippen molar-refractivity contribution in [2.24, 2.45) is 11.7 Å². The first-order valence-electron chi connectivity index (χ1n) is 12.2. The zero-order valence-electron chi connectivity index (χ0n) is 19.6. The fourth-order valence-corrected chi connectivity index (χ4v) is 6.14. The van der Waals surface area contributed by atoms with E-state index in [4.69, 9.17) is 50.5 Å². The SMILES string of the molecule is NC(=O)C1CCC(n2c(Nc3c(Cl)cc(Cl)cc3Cl)nc3cnc(N[C@H]4CCCC[C@@H]4O)nc32)CC1. The lowest BCUT2D eigenvalue weighted by Gasteiger charge is -2.29. The summed E-state index contributed by atoms with van der Waals surface area (Å²) >= 11 is 19.0. The Hall–Kier alpha value is -2.33. The Morgan fingerprint density at radius 3 is 2.39 bits per heavy atom. The lowest BCUT2D eigenvalue weighted by atomic mass is 9.85. The summed E-state index contributed by atoms with van der Waals surface area (Å²) < 4.78 is 2.03. The first kappa shape index (κ1) is 25.3. The molecule has 1 aromatic carbocycles. The van der Waals surface area contributed by atoms with Gasteiger partial charge < -0.3 is 21.5 Å². The number of amides is 1. The van der Waals surface area contributed by atoms with Gasteiger partial charge in [-0.25, -0.2) is 9.97 Å². The number of nitrogens with one attached hydrogen (secondary N) is 2. The van der Waals surface area contributed by atoms with Gasteiger partial charge in [0.1, 0.15) is 5.52 Å². The highest BCUT2D eigenvalue weighted by Crippen LogP contribution is 2.40. The normalized spacial score (nSPS) is 24.6. The number of imidazole rings is 1. The molecule has 5 N–H and O–H groups in total. The number of carbonyl (C=O) groups excluding carboxylic acids is 1. The second-order valence-electron chi connectivity index (χ2n) is 9.59. The van der Waals surface area contributed by atoms with Crippen molar-refractivity contribution >= 4 is 69.5 Å². The summed E-state index contributed by atoms with van der Waals surface area (Å²) in [5, 5.41) is 18.1. The number of aromatic nitrogens is 4. The summed E-state index contributed by atoms with van der Waals surface area (Å²) in [6.07, 6.45) is 7.78. The van der Waals surface area contributed by atoms with E-state index < -0.39 is 6.10 Å². The Morgan fingerprint density at radius 2 is 1.72 bits per heavy atom. The van der Waals surface area contributed by atoms with Crippen molar-refractivity contribution in [3.8, 4) is 0 Å². The molecule has 2 heterocycles. The maximum absolute atomic E-state index is 11.7. The Kier molecular flexibility index (Phi) is 7.44. The number of nitrogens with two attached hydrogens (primary N) is 1. The number of anilines is 3. The van der Waals surface area contributed by atoms with Gasteiger partial charge in [-0.3, -0.25) is 9.36 Å². The Balaban J connectivity index is 1.53. The average molecular weight is 553 g/mol. The van der Waals surface area contributed by atoms with E-state index in [-0.39, 0.29) is 23.9 Å². The van der Waals surface area contributed by atoms with Crippen LogP contribution < -0.4 is 16.4 Å². The molecule has 0 radical (unpaired) electrons. The van der Waals surface area contributed by atoms with Crippen molar-refractivity contribution < 1.29 is 9.90 Å². The van der Waals surface area contributed by atoms with Crippen LogP contribution in [-0.4, -0.2) is 42.7 Å². The molecular formula is C24H28Cl3N7O2. The number of primary amides is 1. The number of rotatable bonds is 6. The van der Waals surface area contributed by atoms with E-state index in [2.05, 4.69) is 15.6 Å². The van der Waals surface area contributed by atoms with Crippen molar-refractivity contribution in [3.05, 3.63) is 33.4 Å². The Labute approximate surface area is 223 Å². The zero-order valence-corrected chi connectivity index (χ0v) is 21.8. The first-order chi connectivity index (χ1) is 17.3. The maximum Gasteiger partial charge on any atom is 0.225 e. The van der Waals surface area contributed by atoms with Gasteiger partial charge in [0.15, 0.2) is 5.65 Å². The van der Waals surface area contributed by atoms with E-state index in [0.29, 0.717) is 56.7 Å². The quantitative estimate of drug-likeness (QED) is 0.319. The molecule has 2 aromatic heterocycles. The van der Waals surface area contributed by atoms with E-state index in [1.54, 1.807) is 18.3 Å². The van der Waals surface area contributed by atoms with Crippen LogP contribution in [0.4, 0.5) is 17.6 Å². The summed E-state index contributed by atoms with van der Waals surface area (Å²) in [7, 11) is 0. The number of halogens is 3. The molecule has 192 valence electrons. The number of carbonyl (C=O) groups is 1. The molecule has 2 aliphatic rings. The monoisotopic (exact) mass is 551 g/mol. The van der Waals surface area contributed by atoms with Gasteiger partial charge in [0.05, 0.1) is 34.1 Å². The lowest BCUT2D eigenvalue weighted by Crippen LogP contribution is -2.36. The van der Waals surface area contributed by atoms with E-state index in [1.165, 1.54) is 0 Å². The summed E-state index contributed by atoms with van der Waals surface area (Å²) in [5.41, 5.74) is 7.29. The third-order valence-electron chi connectivity index (χ3n) is 7.18. The Bertz CT molecular complexity index is 1250. The van der Waals surface area contributed by atoms with Crippen LogP contribution in [0.3, 0.4) is 0 Å². The molecule has 0 bridgehead atoms. The molecule has 2 aliphatic carbocycles. The van der Waals surface area contributed by atoms with Gasteiger partial charge in [0.25, 0.3) is 0 Å². The van der Waals surface area contributed by atoms with Crippen LogP contribution in [0.2, 0.25) is 15.1 Å². The van der Waals surface area contributed by atoms with Gasteiger partial charge in [0, 0.05) is 17.0 Å². The van der Waals surface area contributed by atoms with Crippen molar-refractivity contribution in [3.63, 3.8) is 0 Å². The van der Waals surface area contributed by atoms with Crippen molar-refractivity contribution in [1.29, 1.82) is 0 Å². The van der Waals surface area contributed by atoms with E-state index >= 15 is 0 Å². The average Bonchev–Trinajstić information content (AvgIpc) is 3.20. The van der Waals surface area contributed by atoms with Gasteiger partial charge in [0.2, 0.25) is 17.8 Å². The number of hydrogen-bond acceptors (Lipinski definition) is 7. The number of benzene rings is 1. The number of hydrogen-bond donors (Lipinski definition) is 4. The third-order valence-corrected chi connectivity index (χ3v) is 8.00. The standard InChI is InChI=1S/C24H28Cl3N7O2/c25-13-9-15(26)20(16(27)10-13)32-24-31-18-11-29-23(30-17-3-1-2-4-19(17)35)33-22(18)34(24)14-7-5-12(6-8-14)21(28)36/h9-12,14,17,19,35H,1-8H2,(H2,28,36)(H,31,32)(H,29,30,33)/t12?,14?,17-,19-/m0/s1. The maximum atomic E-state index is 11.7. The number of fused-ring (bicyclic) bond motifs is 1. The van der Waals surface area contributed by atoms with Crippen LogP contribution in [0.15, 0.2) is 18.3 Å². The highest BCUT2D eigenvalue weighted by atomic mass is 35.5. The number of nitrogens with zero attached hydrogens (tertiary/aromatic N) is 4. The van der Waals surface area contributed by atoms with Gasteiger partial charge in [-0.1, -0.05) is 47.6 Å². The van der Waals surface area contributed by atoms with Gasteiger partial charge in [-0.05, 0) is 50.7 Å². The Morgan fingerprint density at radius 1 is 1.03 bits per heavy atom. The molecular weight excluding hydrogens is 525 g/mol. The summed E-state index contributed by atoms with van der Waals surface area (Å²) in [4.78, 5) is 25.7. The molecule has 0 unspecified atom stereocenters. The van der Waals surface area contributed by atoms with Crippen molar-refractivity contribution in [2.75, 3.05) is 10.6 Å². The fourth-order valence-electron chi connectivity index (χ4n) is 5.23. The molecule has 9 nitrogen and oxygen atoms in total. The topological polar surface area (TPSA) is 131 Å². The summed E-state index contributed by atoms with van der Waals surface area (Å²) in [6, 6.07) is 3.16. The molecule has 3 aromatic rings. The molecule has 0 spiro atoms. The molecule has 0 saturated heterocycles. The molecule has 5 rings (SSSR count). The van der Waals surface area contributed by atoms with Crippen molar-refractivity contribution in [1.82, 2.24) is 19.5 Å². The van der Waals surface area contributed by atoms with Gasteiger partial charge in [-0.15, -0.1) is 0 Å². The van der Waals surface area contributed by atoms with Crippen LogP contribution >= 0.6 is 34.8 Å². The lowest BCUT2D eigenvalue weighted by molar-refractivity contribution is -0.122.